The fourth-order valence-corrected chi connectivity index (χ4v) is 2.79. The van der Waals surface area contributed by atoms with Crippen molar-refractivity contribution in [1.82, 2.24) is 4.98 Å². The second-order valence-corrected chi connectivity index (χ2v) is 5.87. The average molecular weight is 339 g/mol. The molecule has 0 aliphatic heterocycles. The largest absolute Gasteiger partial charge is 0.307 e. The van der Waals surface area contributed by atoms with Crippen LogP contribution in [0.4, 0.5) is 10.1 Å². The Morgan fingerprint density at radius 2 is 2.18 bits per heavy atom. The summed E-state index contributed by atoms with van der Waals surface area (Å²) >= 11 is 7.32. The number of aromatic nitrogens is 1. The highest BCUT2D eigenvalue weighted by Gasteiger charge is 2.21. The van der Waals surface area contributed by atoms with Crippen LogP contribution in [0, 0.1) is 5.82 Å². The summed E-state index contributed by atoms with van der Waals surface area (Å²) in [5.74, 6) is -0.0915. The van der Waals surface area contributed by atoms with Crippen LogP contribution in [-0.4, -0.2) is 23.7 Å². The summed E-state index contributed by atoms with van der Waals surface area (Å²) in [5.41, 5.74) is 1.73. The summed E-state index contributed by atoms with van der Waals surface area (Å²) in [6.45, 7) is 2.25. The van der Waals surface area contributed by atoms with Crippen LogP contribution in [0.25, 0.3) is 0 Å². The molecular weight excluding hydrogens is 323 g/mol. The molecule has 0 saturated carbocycles. The van der Waals surface area contributed by atoms with Crippen LogP contribution in [-0.2, 0) is 5.75 Å². The molecule has 1 amide bonds. The number of pyridine rings is 1. The number of carbonyl (C=O) groups is 1. The molecule has 1 aromatic carbocycles. The van der Waals surface area contributed by atoms with E-state index in [0.29, 0.717) is 23.7 Å². The van der Waals surface area contributed by atoms with E-state index >= 15 is 0 Å². The monoisotopic (exact) mass is 338 g/mol. The van der Waals surface area contributed by atoms with Gasteiger partial charge in [-0.05, 0) is 43.0 Å². The van der Waals surface area contributed by atoms with Crippen molar-refractivity contribution in [2.75, 3.05) is 17.7 Å². The lowest BCUT2D eigenvalue weighted by atomic mass is 10.2. The standard InChI is InChI=1S/C16H16ClFN2OS/c1-3-20(12-6-7-13(17)14(18)9-12)16(21)15-11(10-22-2)5-4-8-19-15/h4-9H,3,10H2,1-2H3. The van der Waals surface area contributed by atoms with Crippen molar-refractivity contribution < 1.29 is 9.18 Å². The molecule has 0 saturated heterocycles. The van der Waals surface area contributed by atoms with Gasteiger partial charge in [0.25, 0.3) is 5.91 Å². The molecule has 0 unspecified atom stereocenters. The molecule has 116 valence electrons. The minimum atomic E-state index is -0.546. The van der Waals surface area contributed by atoms with Gasteiger partial charge < -0.3 is 4.90 Å². The van der Waals surface area contributed by atoms with Crippen molar-refractivity contribution >= 4 is 35.0 Å². The minimum Gasteiger partial charge on any atom is -0.307 e. The molecule has 6 heteroatoms. The number of rotatable bonds is 5. The fourth-order valence-electron chi connectivity index (χ4n) is 2.13. The molecule has 1 heterocycles. The van der Waals surface area contributed by atoms with Gasteiger partial charge in [-0.15, -0.1) is 0 Å². The van der Waals surface area contributed by atoms with E-state index in [1.807, 2.05) is 19.2 Å². The molecule has 2 rings (SSSR count). The SMILES string of the molecule is CCN(C(=O)c1ncccc1CSC)c1ccc(Cl)c(F)c1. The van der Waals surface area contributed by atoms with Gasteiger partial charge in [0.15, 0.2) is 0 Å². The maximum absolute atomic E-state index is 13.7. The van der Waals surface area contributed by atoms with E-state index in [1.165, 1.54) is 17.0 Å². The Kier molecular flexibility index (Phi) is 5.80. The first kappa shape index (κ1) is 16.8. The average Bonchev–Trinajstić information content (AvgIpc) is 2.52. The Morgan fingerprint density at radius 1 is 1.41 bits per heavy atom. The summed E-state index contributed by atoms with van der Waals surface area (Å²) in [6.07, 6.45) is 3.56. The molecule has 2 aromatic rings. The zero-order chi connectivity index (χ0) is 16.1. The number of benzene rings is 1. The molecule has 1 aromatic heterocycles. The van der Waals surface area contributed by atoms with Crippen molar-refractivity contribution in [2.45, 2.75) is 12.7 Å². The number of thioether (sulfide) groups is 1. The number of hydrogen-bond acceptors (Lipinski definition) is 3. The first-order valence-electron chi connectivity index (χ1n) is 6.78. The highest BCUT2D eigenvalue weighted by atomic mass is 35.5. The van der Waals surface area contributed by atoms with E-state index in [0.717, 1.165) is 5.56 Å². The highest BCUT2D eigenvalue weighted by Crippen LogP contribution is 2.24. The molecule has 0 aliphatic rings. The lowest BCUT2D eigenvalue weighted by Gasteiger charge is -2.22. The second kappa shape index (κ2) is 7.61. The third kappa shape index (κ3) is 3.59. The Morgan fingerprint density at radius 3 is 2.82 bits per heavy atom. The fraction of sp³-hybridized carbons (Fsp3) is 0.250. The molecule has 0 aliphatic carbocycles. The first-order valence-corrected chi connectivity index (χ1v) is 8.55. The predicted octanol–water partition coefficient (Wildman–Crippen LogP) is 4.40. The first-order chi connectivity index (χ1) is 10.6. The van der Waals surface area contributed by atoms with Gasteiger partial charge in [-0.1, -0.05) is 17.7 Å². The number of carbonyl (C=O) groups excluding carboxylic acids is 1. The van der Waals surface area contributed by atoms with E-state index in [2.05, 4.69) is 4.98 Å². The molecule has 3 nitrogen and oxygen atoms in total. The smallest absolute Gasteiger partial charge is 0.277 e. The van der Waals surface area contributed by atoms with Crippen molar-refractivity contribution in [3.63, 3.8) is 0 Å². The van der Waals surface area contributed by atoms with Gasteiger partial charge in [-0.3, -0.25) is 9.78 Å². The van der Waals surface area contributed by atoms with Crippen LogP contribution >= 0.6 is 23.4 Å². The van der Waals surface area contributed by atoms with Gasteiger partial charge in [0.05, 0.1) is 5.02 Å². The molecule has 0 bridgehead atoms. The number of hydrogen-bond donors (Lipinski definition) is 0. The third-order valence-electron chi connectivity index (χ3n) is 3.17. The Hall–Kier alpha value is -1.59. The number of nitrogens with zero attached hydrogens (tertiary/aromatic N) is 2. The summed E-state index contributed by atoms with van der Waals surface area (Å²) in [4.78, 5) is 18.5. The molecule has 0 atom stereocenters. The lowest BCUT2D eigenvalue weighted by molar-refractivity contribution is 0.0983. The summed E-state index contributed by atoms with van der Waals surface area (Å²) in [5, 5.41) is 0.0353. The van der Waals surface area contributed by atoms with Gasteiger partial charge in [-0.2, -0.15) is 11.8 Å². The Bertz CT molecular complexity index is 681. The Balaban J connectivity index is 2.38. The maximum Gasteiger partial charge on any atom is 0.277 e. The zero-order valence-corrected chi connectivity index (χ0v) is 13.9. The Labute approximate surface area is 138 Å². The van der Waals surface area contributed by atoms with Gasteiger partial charge in [0.2, 0.25) is 0 Å². The van der Waals surface area contributed by atoms with Crippen LogP contribution in [0.15, 0.2) is 36.5 Å². The third-order valence-corrected chi connectivity index (χ3v) is 4.08. The van der Waals surface area contributed by atoms with Crippen molar-refractivity contribution in [2.24, 2.45) is 0 Å². The van der Waals surface area contributed by atoms with E-state index < -0.39 is 5.82 Å². The molecule has 0 spiro atoms. The lowest BCUT2D eigenvalue weighted by Crippen LogP contribution is -2.32. The zero-order valence-electron chi connectivity index (χ0n) is 12.3. The van der Waals surface area contributed by atoms with E-state index in [9.17, 15) is 9.18 Å². The van der Waals surface area contributed by atoms with Gasteiger partial charge in [0, 0.05) is 24.2 Å². The van der Waals surface area contributed by atoms with E-state index in [4.69, 9.17) is 11.6 Å². The summed E-state index contributed by atoms with van der Waals surface area (Å²) in [7, 11) is 0. The quantitative estimate of drug-likeness (QED) is 0.810. The van der Waals surface area contributed by atoms with Crippen LogP contribution in [0.3, 0.4) is 0 Å². The second-order valence-electron chi connectivity index (χ2n) is 4.59. The van der Waals surface area contributed by atoms with Crippen molar-refractivity contribution in [3.8, 4) is 0 Å². The van der Waals surface area contributed by atoms with Crippen molar-refractivity contribution in [1.29, 1.82) is 0 Å². The molecule has 0 radical (unpaired) electrons. The minimum absolute atomic E-state index is 0.0353. The molecule has 0 fully saturated rings. The molecular formula is C16H16ClFN2OS. The topological polar surface area (TPSA) is 33.2 Å². The van der Waals surface area contributed by atoms with Crippen molar-refractivity contribution in [3.05, 3.63) is 58.6 Å². The van der Waals surface area contributed by atoms with E-state index in [-0.39, 0.29) is 10.9 Å². The molecule has 0 N–H and O–H groups in total. The van der Waals surface area contributed by atoms with Crippen LogP contribution < -0.4 is 4.90 Å². The number of amides is 1. The maximum atomic E-state index is 13.7. The van der Waals surface area contributed by atoms with Gasteiger partial charge in [0.1, 0.15) is 11.5 Å². The normalized spacial score (nSPS) is 10.5. The van der Waals surface area contributed by atoms with Crippen LogP contribution in [0.5, 0.6) is 0 Å². The number of halogens is 2. The predicted molar refractivity (Wildman–Crippen MR) is 90.2 cm³/mol. The highest BCUT2D eigenvalue weighted by molar-refractivity contribution is 7.97. The molecule has 22 heavy (non-hydrogen) atoms. The van der Waals surface area contributed by atoms with E-state index in [1.54, 1.807) is 30.1 Å². The van der Waals surface area contributed by atoms with Crippen LogP contribution in [0.2, 0.25) is 5.02 Å². The number of anilines is 1. The van der Waals surface area contributed by atoms with Gasteiger partial charge in [-0.25, -0.2) is 4.39 Å². The van der Waals surface area contributed by atoms with Crippen LogP contribution in [0.1, 0.15) is 23.0 Å². The summed E-state index contributed by atoms with van der Waals surface area (Å²) in [6, 6.07) is 8.03. The van der Waals surface area contributed by atoms with Gasteiger partial charge >= 0.3 is 0 Å². The summed E-state index contributed by atoms with van der Waals surface area (Å²) < 4.78 is 13.7.